The zero-order chi connectivity index (χ0) is 12.8. The quantitative estimate of drug-likeness (QED) is 0.821. The van der Waals surface area contributed by atoms with Gasteiger partial charge in [-0.05, 0) is 12.0 Å². The van der Waals surface area contributed by atoms with Crippen molar-refractivity contribution >= 4 is 17.6 Å². The Morgan fingerprint density at radius 1 is 1.47 bits per heavy atom. The van der Waals surface area contributed by atoms with Crippen LogP contribution in [-0.2, 0) is 4.79 Å². The van der Waals surface area contributed by atoms with Crippen molar-refractivity contribution in [3.63, 3.8) is 0 Å². The molecule has 0 aliphatic heterocycles. The van der Waals surface area contributed by atoms with Crippen LogP contribution in [0.1, 0.15) is 37.0 Å². The molecule has 1 aromatic rings. The standard InChI is InChI=1S/C12H16N2O3/c1-3-8(2)4-11(15)14-10-5-9(12(16)17)6-13-7-10/h5-8H,3-4H2,1-2H3,(H,14,15)(H,16,17). The fourth-order valence-corrected chi connectivity index (χ4v) is 1.30. The minimum atomic E-state index is -1.06. The van der Waals surface area contributed by atoms with Gasteiger partial charge in [0.2, 0.25) is 5.91 Å². The van der Waals surface area contributed by atoms with Crippen LogP contribution < -0.4 is 5.32 Å². The molecule has 0 bridgehead atoms. The van der Waals surface area contributed by atoms with E-state index in [1.165, 1.54) is 18.5 Å². The lowest BCUT2D eigenvalue weighted by atomic mass is 10.1. The molecule has 1 atom stereocenters. The number of carboxylic acids is 1. The van der Waals surface area contributed by atoms with Crippen LogP contribution in [0.3, 0.4) is 0 Å². The SMILES string of the molecule is CCC(C)CC(=O)Nc1cncc(C(=O)O)c1. The zero-order valence-corrected chi connectivity index (χ0v) is 9.93. The highest BCUT2D eigenvalue weighted by Gasteiger charge is 2.09. The Bertz CT molecular complexity index is 418. The van der Waals surface area contributed by atoms with Crippen molar-refractivity contribution in [3.05, 3.63) is 24.0 Å². The average molecular weight is 236 g/mol. The number of amides is 1. The third kappa shape index (κ3) is 4.22. The molecule has 0 spiro atoms. The van der Waals surface area contributed by atoms with Crippen LogP contribution in [0.5, 0.6) is 0 Å². The van der Waals surface area contributed by atoms with Crippen LogP contribution in [0.2, 0.25) is 0 Å². The molecule has 1 rings (SSSR count). The number of hydrogen-bond donors (Lipinski definition) is 2. The summed E-state index contributed by atoms with van der Waals surface area (Å²) in [6, 6.07) is 1.39. The highest BCUT2D eigenvalue weighted by Crippen LogP contribution is 2.11. The Morgan fingerprint density at radius 3 is 2.76 bits per heavy atom. The van der Waals surface area contributed by atoms with Crippen LogP contribution >= 0.6 is 0 Å². The number of anilines is 1. The number of carbonyl (C=O) groups is 2. The Kier molecular flexibility index (Phi) is 4.63. The van der Waals surface area contributed by atoms with Crippen molar-refractivity contribution in [1.82, 2.24) is 4.98 Å². The van der Waals surface area contributed by atoms with Crippen molar-refractivity contribution in [3.8, 4) is 0 Å². The molecule has 1 heterocycles. The van der Waals surface area contributed by atoms with Gasteiger partial charge < -0.3 is 10.4 Å². The largest absolute Gasteiger partial charge is 0.478 e. The summed E-state index contributed by atoms with van der Waals surface area (Å²) in [5, 5.41) is 11.4. The summed E-state index contributed by atoms with van der Waals surface area (Å²) in [6.45, 7) is 4.01. The van der Waals surface area contributed by atoms with E-state index in [-0.39, 0.29) is 11.5 Å². The first-order valence-corrected chi connectivity index (χ1v) is 5.51. The molecule has 92 valence electrons. The minimum Gasteiger partial charge on any atom is -0.478 e. The maximum absolute atomic E-state index is 11.6. The number of carbonyl (C=O) groups excluding carboxylic acids is 1. The summed E-state index contributed by atoms with van der Waals surface area (Å²) < 4.78 is 0. The molecule has 17 heavy (non-hydrogen) atoms. The van der Waals surface area contributed by atoms with Gasteiger partial charge in [0, 0.05) is 12.6 Å². The third-order valence-corrected chi connectivity index (χ3v) is 2.50. The highest BCUT2D eigenvalue weighted by molar-refractivity contribution is 5.93. The Balaban J connectivity index is 2.65. The molecule has 0 fully saturated rings. The van der Waals surface area contributed by atoms with Crippen molar-refractivity contribution in [1.29, 1.82) is 0 Å². The van der Waals surface area contributed by atoms with Gasteiger partial charge in [0.1, 0.15) is 0 Å². The molecule has 5 nitrogen and oxygen atoms in total. The van der Waals surface area contributed by atoms with E-state index in [1.807, 2.05) is 13.8 Å². The maximum atomic E-state index is 11.6. The minimum absolute atomic E-state index is 0.0614. The number of rotatable bonds is 5. The lowest BCUT2D eigenvalue weighted by Gasteiger charge is -2.09. The summed E-state index contributed by atoms with van der Waals surface area (Å²) in [6.07, 6.45) is 4.03. The number of nitrogens with one attached hydrogen (secondary N) is 1. The normalized spacial score (nSPS) is 11.9. The molecule has 2 N–H and O–H groups in total. The summed E-state index contributed by atoms with van der Waals surface area (Å²) >= 11 is 0. The fraction of sp³-hybridized carbons (Fsp3) is 0.417. The molecule has 0 aliphatic carbocycles. The molecule has 0 saturated carbocycles. The van der Waals surface area contributed by atoms with Gasteiger partial charge in [-0.3, -0.25) is 9.78 Å². The number of aromatic carboxylic acids is 1. The first-order chi connectivity index (χ1) is 8.02. The molecule has 1 unspecified atom stereocenters. The molecule has 0 radical (unpaired) electrons. The van der Waals surface area contributed by atoms with E-state index in [1.54, 1.807) is 0 Å². The molecule has 0 saturated heterocycles. The van der Waals surface area contributed by atoms with Crippen molar-refractivity contribution in [2.45, 2.75) is 26.7 Å². The summed E-state index contributed by atoms with van der Waals surface area (Å²) in [7, 11) is 0. The molecule has 0 aliphatic rings. The Labute approximate surface area is 99.9 Å². The van der Waals surface area contributed by atoms with Crippen LogP contribution in [0.25, 0.3) is 0 Å². The van der Waals surface area contributed by atoms with E-state index < -0.39 is 5.97 Å². The van der Waals surface area contributed by atoms with Crippen LogP contribution in [0, 0.1) is 5.92 Å². The second-order valence-corrected chi connectivity index (χ2v) is 4.03. The van der Waals surface area contributed by atoms with Crippen molar-refractivity contribution in [2.75, 3.05) is 5.32 Å². The topological polar surface area (TPSA) is 79.3 Å². The van der Waals surface area contributed by atoms with Gasteiger partial charge in [-0.1, -0.05) is 20.3 Å². The smallest absolute Gasteiger partial charge is 0.337 e. The molecule has 1 amide bonds. The number of aromatic nitrogens is 1. The van der Waals surface area contributed by atoms with E-state index in [0.29, 0.717) is 18.0 Å². The second kappa shape index (κ2) is 5.98. The van der Waals surface area contributed by atoms with E-state index in [2.05, 4.69) is 10.3 Å². The Hall–Kier alpha value is -1.91. The van der Waals surface area contributed by atoms with E-state index in [9.17, 15) is 9.59 Å². The molecule has 0 aromatic carbocycles. The highest BCUT2D eigenvalue weighted by atomic mass is 16.4. The predicted octanol–water partition coefficient (Wildman–Crippen LogP) is 2.15. The summed E-state index contributed by atoms with van der Waals surface area (Å²) in [4.78, 5) is 26.0. The van der Waals surface area contributed by atoms with Gasteiger partial charge in [-0.25, -0.2) is 4.79 Å². The van der Waals surface area contributed by atoms with E-state index >= 15 is 0 Å². The maximum Gasteiger partial charge on any atom is 0.337 e. The van der Waals surface area contributed by atoms with Crippen molar-refractivity contribution < 1.29 is 14.7 Å². The summed E-state index contributed by atoms with van der Waals surface area (Å²) in [5.74, 6) is -0.871. The molecule has 1 aromatic heterocycles. The first kappa shape index (κ1) is 13.2. The van der Waals surface area contributed by atoms with Gasteiger partial charge in [-0.15, -0.1) is 0 Å². The number of pyridine rings is 1. The Morgan fingerprint density at radius 2 is 2.18 bits per heavy atom. The zero-order valence-electron chi connectivity index (χ0n) is 9.93. The molecular formula is C12H16N2O3. The van der Waals surface area contributed by atoms with Crippen LogP contribution in [0.4, 0.5) is 5.69 Å². The van der Waals surface area contributed by atoms with Crippen molar-refractivity contribution in [2.24, 2.45) is 5.92 Å². The first-order valence-electron chi connectivity index (χ1n) is 5.51. The van der Waals surface area contributed by atoms with E-state index in [0.717, 1.165) is 6.42 Å². The third-order valence-electron chi connectivity index (χ3n) is 2.50. The lowest BCUT2D eigenvalue weighted by Crippen LogP contribution is -2.15. The number of nitrogens with zero attached hydrogens (tertiary/aromatic N) is 1. The predicted molar refractivity (Wildman–Crippen MR) is 63.9 cm³/mol. The monoisotopic (exact) mass is 236 g/mol. The summed E-state index contributed by atoms with van der Waals surface area (Å²) in [5.41, 5.74) is 0.476. The molecule has 5 heteroatoms. The van der Waals surface area contributed by atoms with Gasteiger partial charge in [0.15, 0.2) is 0 Å². The van der Waals surface area contributed by atoms with Gasteiger partial charge in [-0.2, -0.15) is 0 Å². The fourth-order valence-electron chi connectivity index (χ4n) is 1.30. The van der Waals surface area contributed by atoms with Gasteiger partial charge in [0.25, 0.3) is 0 Å². The van der Waals surface area contributed by atoms with Crippen LogP contribution in [-0.4, -0.2) is 22.0 Å². The molecular weight excluding hydrogens is 220 g/mol. The van der Waals surface area contributed by atoms with Gasteiger partial charge in [0.05, 0.1) is 17.4 Å². The van der Waals surface area contributed by atoms with E-state index in [4.69, 9.17) is 5.11 Å². The second-order valence-electron chi connectivity index (χ2n) is 4.03. The van der Waals surface area contributed by atoms with Crippen LogP contribution in [0.15, 0.2) is 18.5 Å². The number of carboxylic acid groups (broad SMARTS) is 1. The number of hydrogen-bond acceptors (Lipinski definition) is 3. The van der Waals surface area contributed by atoms with Gasteiger partial charge >= 0.3 is 5.97 Å². The average Bonchev–Trinajstić information content (AvgIpc) is 2.28. The lowest BCUT2D eigenvalue weighted by molar-refractivity contribution is -0.117.